The van der Waals surface area contributed by atoms with Gasteiger partial charge in [0.1, 0.15) is 0 Å². The molecule has 0 saturated carbocycles. The molecule has 0 unspecified atom stereocenters. The molecule has 0 rings (SSSR count). The normalized spacial score (nSPS) is 5.44. The predicted octanol–water partition coefficient (Wildman–Crippen LogP) is -5.22. The molecule has 0 aliphatic rings. The first kappa shape index (κ1) is 16.2. The van der Waals surface area contributed by atoms with Crippen LogP contribution in [-0.2, 0) is 4.79 Å². The second kappa shape index (κ2) is 11.2. The van der Waals surface area contributed by atoms with Gasteiger partial charge in [-0.15, -0.1) is 0 Å². The standard InChI is InChI=1S/C2H4O2.CH4N2O.K/c1-2(3)4;2-1(3)4;/h1H3,(H,3,4);(H4,2,3,4);/q;;+1/p-1. The maximum atomic E-state index is 9.00. The molecule has 0 saturated heterocycles. The van der Waals surface area contributed by atoms with Crippen molar-refractivity contribution in [1.29, 1.82) is 0 Å². The molecular formula is C3H7KN2O3. The van der Waals surface area contributed by atoms with Crippen LogP contribution in [0.5, 0.6) is 0 Å². The third-order valence-electron chi connectivity index (χ3n) is 0. The van der Waals surface area contributed by atoms with Gasteiger partial charge >= 0.3 is 57.4 Å². The third kappa shape index (κ3) is 2400. The molecule has 0 fully saturated rings. The zero-order valence-electron chi connectivity index (χ0n) is 5.38. The number of hydrogen-bond acceptors (Lipinski definition) is 3. The van der Waals surface area contributed by atoms with Gasteiger partial charge in [0, 0.05) is 5.97 Å². The smallest absolute Gasteiger partial charge is 0.550 e. The number of aliphatic carboxylic acids is 1. The van der Waals surface area contributed by atoms with Gasteiger partial charge in [-0.1, -0.05) is 0 Å². The van der Waals surface area contributed by atoms with Crippen molar-refractivity contribution in [2.45, 2.75) is 6.92 Å². The first-order valence-electron chi connectivity index (χ1n) is 1.69. The molecular weight excluding hydrogens is 151 g/mol. The summed E-state index contributed by atoms with van der Waals surface area (Å²) in [7, 11) is 0. The minimum Gasteiger partial charge on any atom is -0.550 e. The van der Waals surface area contributed by atoms with Crippen LogP contribution in [0.15, 0.2) is 0 Å². The number of urea groups is 1. The molecule has 0 spiro atoms. The van der Waals surface area contributed by atoms with Gasteiger partial charge in [0.25, 0.3) is 0 Å². The first-order valence-corrected chi connectivity index (χ1v) is 1.69. The van der Waals surface area contributed by atoms with E-state index in [4.69, 9.17) is 14.7 Å². The topological polar surface area (TPSA) is 109 Å². The first-order chi connectivity index (χ1) is 3.46. The summed E-state index contributed by atoms with van der Waals surface area (Å²) in [5.74, 6) is -1.08. The van der Waals surface area contributed by atoms with Crippen LogP contribution < -0.4 is 68.0 Å². The van der Waals surface area contributed by atoms with Gasteiger partial charge in [0.05, 0.1) is 0 Å². The van der Waals surface area contributed by atoms with Gasteiger partial charge in [-0.2, -0.15) is 0 Å². The number of amides is 2. The summed E-state index contributed by atoms with van der Waals surface area (Å²) in [5, 5.41) is 8.89. The van der Waals surface area contributed by atoms with Crippen LogP contribution >= 0.6 is 0 Å². The Kier molecular flexibility index (Phi) is 20.2. The molecule has 0 aliphatic carbocycles. The summed E-state index contributed by atoms with van der Waals surface area (Å²) in [4.78, 5) is 17.9. The minimum absolute atomic E-state index is 0. The number of carboxylic acids is 1. The Hall–Kier alpha value is 0.376. The maximum Gasteiger partial charge on any atom is 1.00 e. The van der Waals surface area contributed by atoms with E-state index in [9.17, 15) is 0 Å². The molecule has 0 heterocycles. The van der Waals surface area contributed by atoms with Crippen molar-refractivity contribution < 1.29 is 66.1 Å². The van der Waals surface area contributed by atoms with Crippen LogP contribution in [0.3, 0.4) is 0 Å². The summed E-state index contributed by atoms with van der Waals surface area (Å²) in [5.41, 5.74) is 8.50. The molecule has 48 valence electrons. The molecule has 9 heavy (non-hydrogen) atoms. The van der Waals surface area contributed by atoms with Crippen molar-refractivity contribution in [1.82, 2.24) is 0 Å². The zero-order valence-corrected chi connectivity index (χ0v) is 8.50. The Morgan fingerprint density at radius 3 is 1.33 bits per heavy atom. The molecule has 2 amide bonds. The molecule has 0 bridgehead atoms. The predicted molar refractivity (Wildman–Crippen MR) is 24.5 cm³/mol. The van der Waals surface area contributed by atoms with Crippen molar-refractivity contribution >= 4 is 12.0 Å². The SMILES string of the molecule is CC(=O)[O-].NC(N)=O.[K+]. The van der Waals surface area contributed by atoms with Crippen molar-refractivity contribution in [3.05, 3.63) is 0 Å². The molecule has 6 heteroatoms. The van der Waals surface area contributed by atoms with Gasteiger partial charge in [-0.05, 0) is 6.92 Å². The molecule has 0 aromatic rings. The average Bonchev–Trinajstić information content (AvgIpc) is 1.25. The second-order valence-electron chi connectivity index (χ2n) is 0.894. The summed E-state index contributed by atoms with van der Waals surface area (Å²) < 4.78 is 0. The quantitative estimate of drug-likeness (QED) is 0.344. The summed E-state index contributed by atoms with van der Waals surface area (Å²) in [6.45, 7) is 0.972. The zero-order chi connectivity index (χ0) is 7.15. The summed E-state index contributed by atoms with van der Waals surface area (Å²) >= 11 is 0. The number of carboxylic acid groups (broad SMARTS) is 1. The second-order valence-corrected chi connectivity index (χ2v) is 0.894. The molecule has 0 radical (unpaired) electrons. The number of carbonyl (C=O) groups excluding carboxylic acids is 2. The van der Waals surface area contributed by atoms with Crippen LogP contribution in [-0.4, -0.2) is 12.0 Å². The fourth-order valence-electron chi connectivity index (χ4n) is 0. The van der Waals surface area contributed by atoms with Crippen LogP contribution in [0.4, 0.5) is 4.79 Å². The number of primary amides is 2. The maximum absolute atomic E-state index is 9.00. The van der Waals surface area contributed by atoms with E-state index >= 15 is 0 Å². The molecule has 0 atom stereocenters. The molecule has 5 nitrogen and oxygen atoms in total. The number of hydrogen-bond donors (Lipinski definition) is 2. The van der Waals surface area contributed by atoms with E-state index in [-0.39, 0.29) is 51.4 Å². The molecule has 4 N–H and O–H groups in total. The number of nitrogens with two attached hydrogens (primary N) is 2. The summed E-state index contributed by atoms with van der Waals surface area (Å²) in [6.07, 6.45) is 0. The van der Waals surface area contributed by atoms with Gasteiger partial charge < -0.3 is 21.4 Å². The fourth-order valence-corrected chi connectivity index (χ4v) is 0. The van der Waals surface area contributed by atoms with E-state index in [0.29, 0.717) is 0 Å². The van der Waals surface area contributed by atoms with E-state index in [1.165, 1.54) is 0 Å². The molecule has 0 aromatic heterocycles. The van der Waals surface area contributed by atoms with Crippen LogP contribution in [0.25, 0.3) is 0 Å². The van der Waals surface area contributed by atoms with Crippen molar-refractivity contribution in [2.24, 2.45) is 11.5 Å². The van der Waals surface area contributed by atoms with Gasteiger partial charge in [-0.25, -0.2) is 4.79 Å². The molecule has 0 aliphatic heterocycles. The van der Waals surface area contributed by atoms with E-state index in [1.54, 1.807) is 0 Å². The van der Waals surface area contributed by atoms with E-state index in [0.717, 1.165) is 6.92 Å². The Balaban J connectivity index is -0.0000000720. The molecule has 0 aromatic carbocycles. The Morgan fingerprint density at radius 2 is 1.33 bits per heavy atom. The van der Waals surface area contributed by atoms with Crippen molar-refractivity contribution in [3.8, 4) is 0 Å². The van der Waals surface area contributed by atoms with Crippen LogP contribution in [0.1, 0.15) is 6.92 Å². The van der Waals surface area contributed by atoms with Crippen molar-refractivity contribution in [2.75, 3.05) is 0 Å². The Labute approximate surface area is 95.2 Å². The Bertz CT molecular complexity index is 75.1. The largest absolute Gasteiger partial charge is 1.00 e. The number of carbonyl (C=O) groups is 2. The average molecular weight is 158 g/mol. The van der Waals surface area contributed by atoms with Crippen LogP contribution in [0, 0.1) is 0 Å². The van der Waals surface area contributed by atoms with Crippen molar-refractivity contribution in [3.63, 3.8) is 0 Å². The van der Waals surface area contributed by atoms with Gasteiger partial charge in [0.2, 0.25) is 0 Å². The van der Waals surface area contributed by atoms with Gasteiger partial charge in [-0.3, -0.25) is 0 Å². The summed E-state index contributed by atoms with van der Waals surface area (Å²) in [6, 6.07) is -0.833. The van der Waals surface area contributed by atoms with Gasteiger partial charge in [0.15, 0.2) is 0 Å². The Morgan fingerprint density at radius 1 is 1.33 bits per heavy atom. The van der Waals surface area contributed by atoms with E-state index in [1.807, 2.05) is 0 Å². The fraction of sp³-hybridized carbons (Fsp3) is 0.333. The third-order valence-corrected chi connectivity index (χ3v) is 0. The van der Waals surface area contributed by atoms with Crippen LogP contribution in [0.2, 0.25) is 0 Å². The number of rotatable bonds is 0. The van der Waals surface area contributed by atoms with E-state index < -0.39 is 12.0 Å². The monoisotopic (exact) mass is 158 g/mol. The van der Waals surface area contributed by atoms with E-state index in [2.05, 4.69) is 11.5 Å². The minimum atomic E-state index is -1.08.